The fraction of sp³-hybridized carbons (Fsp3) is 0.471. The molecule has 0 saturated carbocycles. The number of nitrogens with zero attached hydrogens (tertiary/aromatic N) is 2. The Balaban J connectivity index is 1.95. The normalized spacial score (nSPS) is 12.4. The SMILES string of the molecule is CCC(CC)C(=O)Nc1nnc(CC(C)c2ccccc2)s1. The van der Waals surface area contributed by atoms with Crippen molar-refractivity contribution >= 4 is 22.4 Å². The molecular formula is C17H23N3OS. The lowest BCUT2D eigenvalue weighted by Crippen LogP contribution is -2.21. The van der Waals surface area contributed by atoms with Gasteiger partial charge in [0.25, 0.3) is 0 Å². The van der Waals surface area contributed by atoms with Crippen LogP contribution >= 0.6 is 11.3 Å². The summed E-state index contributed by atoms with van der Waals surface area (Å²) < 4.78 is 0. The quantitative estimate of drug-likeness (QED) is 0.830. The van der Waals surface area contributed by atoms with E-state index in [2.05, 4.69) is 34.6 Å². The molecule has 1 heterocycles. The van der Waals surface area contributed by atoms with Gasteiger partial charge in [0.1, 0.15) is 5.01 Å². The highest BCUT2D eigenvalue weighted by molar-refractivity contribution is 7.15. The summed E-state index contributed by atoms with van der Waals surface area (Å²) in [5.74, 6) is 0.483. The predicted molar refractivity (Wildman–Crippen MR) is 91.2 cm³/mol. The number of rotatable bonds is 7. The third-order valence-corrected chi connectivity index (χ3v) is 4.76. The van der Waals surface area contributed by atoms with Crippen molar-refractivity contribution in [2.75, 3.05) is 5.32 Å². The predicted octanol–water partition coefficient (Wildman–Crippen LogP) is 4.26. The van der Waals surface area contributed by atoms with Gasteiger partial charge in [0.15, 0.2) is 0 Å². The lowest BCUT2D eigenvalue weighted by atomic mass is 9.98. The zero-order valence-electron chi connectivity index (χ0n) is 13.4. The molecule has 2 aromatic rings. The first-order valence-electron chi connectivity index (χ1n) is 7.82. The maximum atomic E-state index is 12.1. The minimum Gasteiger partial charge on any atom is -0.300 e. The molecule has 22 heavy (non-hydrogen) atoms. The van der Waals surface area contributed by atoms with Gasteiger partial charge >= 0.3 is 0 Å². The van der Waals surface area contributed by atoms with Crippen molar-refractivity contribution in [1.82, 2.24) is 10.2 Å². The number of amides is 1. The summed E-state index contributed by atoms with van der Waals surface area (Å²) in [6.45, 7) is 6.24. The number of carbonyl (C=O) groups excluding carboxylic acids is 1. The first kappa shape index (κ1) is 16.6. The molecule has 0 aliphatic carbocycles. The summed E-state index contributed by atoms with van der Waals surface area (Å²) in [5, 5.41) is 12.7. The van der Waals surface area contributed by atoms with Gasteiger partial charge in [-0.3, -0.25) is 4.79 Å². The zero-order chi connectivity index (χ0) is 15.9. The lowest BCUT2D eigenvalue weighted by molar-refractivity contribution is -0.120. The Morgan fingerprint density at radius 2 is 1.86 bits per heavy atom. The Labute approximate surface area is 136 Å². The second-order valence-electron chi connectivity index (χ2n) is 5.52. The summed E-state index contributed by atoms with van der Waals surface area (Å²) >= 11 is 1.47. The van der Waals surface area contributed by atoms with E-state index in [1.807, 2.05) is 32.0 Å². The van der Waals surface area contributed by atoms with Crippen LogP contribution in [0.3, 0.4) is 0 Å². The minimum atomic E-state index is 0.0452. The number of aromatic nitrogens is 2. The highest BCUT2D eigenvalue weighted by atomic mass is 32.1. The average molecular weight is 317 g/mol. The van der Waals surface area contributed by atoms with Crippen molar-refractivity contribution in [3.8, 4) is 0 Å². The molecule has 0 fully saturated rings. The van der Waals surface area contributed by atoms with E-state index in [9.17, 15) is 4.79 Å². The first-order valence-corrected chi connectivity index (χ1v) is 8.63. The Kier molecular flexibility index (Phi) is 6.07. The fourth-order valence-electron chi connectivity index (χ4n) is 2.41. The van der Waals surface area contributed by atoms with Crippen LogP contribution in [0.2, 0.25) is 0 Å². The number of carbonyl (C=O) groups is 1. The number of benzene rings is 1. The van der Waals surface area contributed by atoms with Crippen LogP contribution in [0.15, 0.2) is 30.3 Å². The second kappa shape index (κ2) is 8.03. The van der Waals surface area contributed by atoms with Crippen molar-refractivity contribution in [2.45, 2.75) is 46.0 Å². The maximum Gasteiger partial charge on any atom is 0.229 e. The summed E-state index contributed by atoms with van der Waals surface area (Å²) in [4.78, 5) is 12.1. The van der Waals surface area contributed by atoms with E-state index < -0.39 is 0 Å². The van der Waals surface area contributed by atoms with Crippen LogP contribution in [-0.4, -0.2) is 16.1 Å². The third kappa shape index (κ3) is 4.37. The van der Waals surface area contributed by atoms with Gasteiger partial charge in [-0.25, -0.2) is 0 Å². The number of anilines is 1. The summed E-state index contributed by atoms with van der Waals surface area (Å²) in [6, 6.07) is 10.4. The highest BCUT2D eigenvalue weighted by Crippen LogP contribution is 2.24. The molecule has 1 amide bonds. The molecule has 0 aliphatic heterocycles. The number of hydrogen-bond donors (Lipinski definition) is 1. The molecule has 0 saturated heterocycles. The zero-order valence-corrected chi connectivity index (χ0v) is 14.2. The second-order valence-corrected chi connectivity index (χ2v) is 6.58. The van der Waals surface area contributed by atoms with Crippen LogP contribution in [0.4, 0.5) is 5.13 Å². The van der Waals surface area contributed by atoms with Gasteiger partial charge in [0.05, 0.1) is 0 Å². The highest BCUT2D eigenvalue weighted by Gasteiger charge is 2.17. The molecule has 0 aliphatic rings. The first-order chi connectivity index (χ1) is 10.6. The van der Waals surface area contributed by atoms with Gasteiger partial charge < -0.3 is 5.32 Å². The Morgan fingerprint density at radius 1 is 1.18 bits per heavy atom. The monoisotopic (exact) mass is 317 g/mol. The lowest BCUT2D eigenvalue weighted by Gasteiger charge is -2.10. The molecule has 1 unspecified atom stereocenters. The van der Waals surface area contributed by atoms with Gasteiger partial charge in [-0.1, -0.05) is 62.4 Å². The van der Waals surface area contributed by atoms with E-state index >= 15 is 0 Å². The van der Waals surface area contributed by atoms with E-state index in [1.165, 1.54) is 16.9 Å². The summed E-state index contributed by atoms with van der Waals surface area (Å²) in [6.07, 6.45) is 2.53. The standard InChI is InChI=1S/C17H23N3OS/c1-4-13(5-2)16(21)18-17-20-19-15(22-17)11-12(3)14-9-7-6-8-10-14/h6-10,12-13H,4-5,11H2,1-3H3,(H,18,20,21). The molecule has 118 valence electrons. The van der Waals surface area contributed by atoms with Gasteiger partial charge in [-0.05, 0) is 24.3 Å². The molecule has 1 N–H and O–H groups in total. The molecular weight excluding hydrogens is 294 g/mol. The van der Waals surface area contributed by atoms with Crippen molar-refractivity contribution in [3.63, 3.8) is 0 Å². The van der Waals surface area contributed by atoms with Gasteiger partial charge in [0, 0.05) is 12.3 Å². The molecule has 0 radical (unpaired) electrons. The van der Waals surface area contributed by atoms with Crippen LogP contribution < -0.4 is 5.32 Å². The molecule has 0 bridgehead atoms. The van der Waals surface area contributed by atoms with Crippen molar-refractivity contribution in [2.24, 2.45) is 5.92 Å². The Bertz CT molecular complexity index is 593. The van der Waals surface area contributed by atoms with Crippen LogP contribution in [0.5, 0.6) is 0 Å². The van der Waals surface area contributed by atoms with E-state index in [-0.39, 0.29) is 11.8 Å². The van der Waals surface area contributed by atoms with Gasteiger partial charge in [0.2, 0.25) is 11.0 Å². The third-order valence-electron chi connectivity index (χ3n) is 3.90. The van der Waals surface area contributed by atoms with Crippen LogP contribution in [-0.2, 0) is 11.2 Å². The molecule has 1 atom stereocenters. The molecule has 5 heteroatoms. The van der Waals surface area contributed by atoms with E-state index in [0.29, 0.717) is 11.0 Å². The average Bonchev–Trinajstić information content (AvgIpc) is 2.96. The smallest absolute Gasteiger partial charge is 0.229 e. The molecule has 4 nitrogen and oxygen atoms in total. The molecule has 0 spiro atoms. The Morgan fingerprint density at radius 3 is 2.50 bits per heavy atom. The maximum absolute atomic E-state index is 12.1. The number of nitrogens with one attached hydrogen (secondary N) is 1. The van der Waals surface area contributed by atoms with Gasteiger partial charge in [-0.15, -0.1) is 10.2 Å². The van der Waals surface area contributed by atoms with E-state index in [4.69, 9.17) is 0 Å². The number of hydrogen-bond acceptors (Lipinski definition) is 4. The topological polar surface area (TPSA) is 54.9 Å². The van der Waals surface area contributed by atoms with Crippen LogP contribution in [0.25, 0.3) is 0 Å². The van der Waals surface area contributed by atoms with Crippen molar-refractivity contribution in [1.29, 1.82) is 0 Å². The van der Waals surface area contributed by atoms with Crippen LogP contribution in [0.1, 0.15) is 50.1 Å². The molecule has 1 aromatic heterocycles. The largest absolute Gasteiger partial charge is 0.300 e. The van der Waals surface area contributed by atoms with E-state index in [1.54, 1.807) is 0 Å². The van der Waals surface area contributed by atoms with Crippen LogP contribution in [0, 0.1) is 5.92 Å². The summed E-state index contributed by atoms with van der Waals surface area (Å²) in [7, 11) is 0. The minimum absolute atomic E-state index is 0.0452. The van der Waals surface area contributed by atoms with Crippen molar-refractivity contribution in [3.05, 3.63) is 40.9 Å². The fourth-order valence-corrected chi connectivity index (χ4v) is 3.29. The molecule has 1 aromatic carbocycles. The van der Waals surface area contributed by atoms with Crippen molar-refractivity contribution < 1.29 is 4.79 Å². The van der Waals surface area contributed by atoms with Gasteiger partial charge in [-0.2, -0.15) is 0 Å². The summed E-state index contributed by atoms with van der Waals surface area (Å²) in [5.41, 5.74) is 1.29. The Hall–Kier alpha value is -1.75. The van der Waals surface area contributed by atoms with E-state index in [0.717, 1.165) is 24.3 Å². The molecule has 2 rings (SSSR count).